The molecule has 2 aliphatic rings. The Bertz CT molecular complexity index is 282. The predicted octanol–water partition coefficient (Wildman–Crippen LogP) is -0.200. The number of ether oxygens (including phenoxy) is 1. The van der Waals surface area contributed by atoms with E-state index in [0.29, 0.717) is 24.7 Å². The minimum Gasteiger partial charge on any atom is -0.377 e. The van der Waals surface area contributed by atoms with Gasteiger partial charge in [-0.1, -0.05) is 0 Å². The highest BCUT2D eigenvalue weighted by molar-refractivity contribution is 7.91. The molecule has 0 amide bonds. The monoisotopic (exact) mass is 219 g/mol. The second-order valence-electron chi connectivity index (χ2n) is 4.22. The fourth-order valence-electron chi connectivity index (χ4n) is 2.02. The second kappa shape index (κ2) is 4.16. The molecule has 2 heterocycles. The van der Waals surface area contributed by atoms with Gasteiger partial charge in [-0.25, -0.2) is 8.42 Å². The first-order valence-corrected chi connectivity index (χ1v) is 7.00. The molecule has 0 aromatic rings. The molecule has 4 nitrogen and oxygen atoms in total. The topological polar surface area (TPSA) is 55.4 Å². The van der Waals surface area contributed by atoms with Gasteiger partial charge in [0.15, 0.2) is 9.84 Å². The molecule has 2 aliphatic heterocycles. The van der Waals surface area contributed by atoms with Crippen molar-refractivity contribution in [2.75, 3.05) is 31.2 Å². The quantitative estimate of drug-likeness (QED) is 0.714. The molecule has 1 N–H and O–H groups in total. The fourth-order valence-corrected chi connectivity index (χ4v) is 3.64. The zero-order chi connectivity index (χ0) is 10.0. The summed E-state index contributed by atoms with van der Waals surface area (Å²) >= 11 is 0. The van der Waals surface area contributed by atoms with E-state index in [-0.39, 0.29) is 11.9 Å². The van der Waals surface area contributed by atoms with Crippen molar-refractivity contribution in [1.82, 2.24) is 5.32 Å². The zero-order valence-electron chi connectivity index (χ0n) is 8.24. The van der Waals surface area contributed by atoms with Gasteiger partial charge in [0.25, 0.3) is 0 Å². The third-order valence-electron chi connectivity index (χ3n) is 2.92. The smallest absolute Gasteiger partial charge is 0.152 e. The van der Waals surface area contributed by atoms with Crippen LogP contribution in [0.4, 0.5) is 0 Å². The summed E-state index contributed by atoms with van der Waals surface area (Å²) in [6.45, 7) is 2.80. The van der Waals surface area contributed by atoms with E-state index in [9.17, 15) is 8.42 Å². The number of hydrogen-bond donors (Lipinski definition) is 1. The molecular formula is C9H17NO3S. The van der Waals surface area contributed by atoms with Crippen molar-refractivity contribution in [2.45, 2.75) is 18.9 Å². The van der Waals surface area contributed by atoms with Crippen LogP contribution in [0.15, 0.2) is 0 Å². The molecule has 0 spiro atoms. The summed E-state index contributed by atoms with van der Waals surface area (Å²) < 4.78 is 27.9. The molecule has 5 heteroatoms. The predicted molar refractivity (Wildman–Crippen MR) is 54.0 cm³/mol. The Kier molecular flexibility index (Phi) is 3.09. The molecule has 0 radical (unpaired) electrons. The average molecular weight is 219 g/mol. The van der Waals surface area contributed by atoms with Gasteiger partial charge in [0, 0.05) is 6.54 Å². The summed E-state index contributed by atoms with van der Waals surface area (Å²) in [7, 11) is -2.78. The molecule has 0 aliphatic carbocycles. The molecule has 2 fully saturated rings. The SMILES string of the molecule is O=S1(=O)CCC(OCC2CCNC2)C1. The summed E-state index contributed by atoms with van der Waals surface area (Å²) in [6, 6.07) is 0. The van der Waals surface area contributed by atoms with Crippen molar-refractivity contribution >= 4 is 9.84 Å². The Morgan fingerprint density at radius 3 is 2.79 bits per heavy atom. The van der Waals surface area contributed by atoms with Gasteiger partial charge in [0.1, 0.15) is 0 Å². The Balaban J connectivity index is 1.71. The van der Waals surface area contributed by atoms with Crippen LogP contribution in [0.2, 0.25) is 0 Å². The van der Waals surface area contributed by atoms with Crippen LogP contribution >= 0.6 is 0 Å². The Morgan fingerprint density at radius 2 is 2.21 bits per heavy atom. The van der Waals surface area contributed by atoms with Crippen molar-refractivity contribution in [3.8, 4) is 0 Å². The number of nitrogens with one attached hydrogen (secondary N) is 1. The van der Waals surface area contributed by atoms with Crippen molar-refractivity contribution < 1.29 is 13.2 Å². The van der Waals surface area contributed by atoms with E-state index < -0.39 is 9.84 Å². The van der Waals surface area contributed by atoms with Crippen molar-refractivity contribution in [2.24, 2.45) is 5.92 Å². The summed E-state index contributed by atoms with van der Waals surface area (Å²) in [4.78, 5) is 0. The maximum Gasteiger partial charge on any atom is 0.152 e. The zero-order valence-corrected chi connectivity index (χ0v) is 9.05. The van der Waals surface area contributed by atoms with Gasteiger partial charge in [0.05, 0.1) is 24.2 Å². The van der Waals surface area contributed by atoms with Gasteiger partial charge >= 0.3 is 0 Å². The lowest BCUT2D eigenvalue weighted by molar-refractivity contribution is 0.0487. The Hall–Kier alpha value is -0.130. The summed E-state index contributed by atoms with van der Waals surface area (Å²) in [6.07, 6.45) is 1.79. The van der Waals surface area contributed by atoms with Crippen LogP contribution in [0.25, 0.3) is 0 Å². The second-order valence-corrected chi connectivity index (χ2v) is 6.45. The first-order chi connectivity index (χ1) is 6.66. The van der Waals surface area contributed by atoms with Gasteiger partial charge in [-0.2, -0.15) is 0 Å². The van der Waals surface area contributed by atoms with Crippen LogP contribution in [-0.4, -0.2) is 45.7 Å². The van der Waals surface area contributed by atoms with Crippen LogP contribution in [0, 0.1) is 5.92 Å². The Morgan fingerprint density at radius 1 is 1.36 bits per heavy atom. The van der Waals surface area contributed by atoms with E-state index in [0.717, 1.165) is 19.5 Å². The minimum atomic E-state index is -2.78. The molecule has 2 unspecified atom stereocenters. The maximum atomic E-state index is 11.1. The number of hydrogen-bond acceptors (Lipinski definition) is 4. The van der Waals surface area contributed by atoms with E-state index in [1.54, 1.807) is 0 Å². The Labute approximate surface area is 84.9 Å². The highest BCUT2D eigenvalue weighted by Gasteiger charge is 2.29. The van der Waals surface area contributed by atoms with Gasteiger partial charge in [-0.05, 0) is 25.3 Å². The van der Waals surface area contributed by atoms with Crippen LogP contribution in [0.5, 0.6) is 0 Å². The van der Waals surface area contributed by atoms with Gasteiger partial charge in [-0.15, -0.1) is 0 Å². The normalized spacial score (nSPS) is 36.3. The molecule has 0 aromatic heterocycles. The maximum absolute atomic E-state index is 11.1. The molecule has 0 saturated carbocycles. The largest absolute Gasteiger partial charge is 0.377 e. The molecule has 2 atom stereocenters. The standard InChI is InChI=1S/C9H17NO3S/c11-14(12)4-2-9(7-14)13-6-8-1-3-10-5-8/h8-10H,1-7H2. The minimum absolute atomic E-state index is 0.0411. The van der Waals surface area contributed by atoms with Gasteiger partial charge in [0.2, 0.25) is 0 Å². The van der Waals surface area contributed by atoms with Crippen molar-refractivity contribution in [3.05, 3.63) is 0 Å². The average Bonchev–Trinajstić information content (AvgIpc) is 2.70. The fraction of sp³-hybridized carbons (Fsp3) is 1.00. The first-order valence-electron chi connectivity index (χ1n) is 5.18. The highest BCUT2D eigenvalue weighted by atomic mass is 32.2. The molecule has 82 valence electrons. The van der Waals surface area contributed by atoms with Gasteiger partial charge in [-0.3, -0.25) is 0 Å². The molecule has 2 saturated heterocycles. The van der Waals surface area contributed by atoms with Gasteiger partial charge < -0.3 is 10.1 Å². The molecule has 2 rings (SSSR count). The molecule has 0 aromatic carbocycles. The number of rotatable bonds is 3. The summed E-state index contributed by atoms with van der Waals surface area (Å²) in [5.41, 5.74) is 0. The highest BCUT2D eigenvalue weighted by Crippen LogP contribution is 2.17. The summed E-state index contributed by atoms with van der Waals surface area (Å²) in [5, 5.41) is 3.27. The lowest BCUT2D eigenvalue weighted by atomic mass is 10.1. The molecule has 14 heavy (non-hydrogen) atoms. The van der Waals surface area contributed by atoms with Crippen LogP contribution in [-0.2, 0) is 14.6 Å². The number of sulfone groups is 1. The van der Waals surface area contributed by atoms with E-state index >= 15 is 0 Å². The van der Waals surface area contributed by atoms with Crippen LogP contribution in [0.1, 0.15) is 12.8 Å². The van der Waals surface area contributed by atoms with Crippen molar-refractivity contribution in [1.29, 1.82) is 0 Å². The third-order valence-corrected chi connectivity index (χ3v) is 4.66. The van der Waals surface area contributed by atoms with E-state index in [4.69, 9.17) is 4.74 Å². The van der Waals surface area contributed by atoms with E-state index in [2.05, 4.69) is 5.32 Å². The lowest BCUT2D eigenvalue weighted by Gasteiger charge is -2.13. The van der Waals surface area contributed by atoms with E-state index in [1.165, 1.54) is 0 Å². The molecule has 0 bridgehead atoms. The van der Waals surface area contributed by atoms with E-state index in [1.807, 2.05) is 0 Å². The lowest BCUT2D eigenvalue weighted by Crippen LogP contribution is -2.20. The molecular weight excluding hydrogens is 202 g/mol. The van der Waals surface area contributed by atoms with Crippen LogP contribution < -0.4 is 5.32 Å². The third kappa shape index (κ3) is 2.68. The van der Waals surface area contributed by atoms with Crippen molar-refractivity contribution in [3.63, 3.8) is 0 Å². The van der Waals surface area contributed by atoms with Crippen LogP contribution in [0.3, 0.4) is 0 Å². The summed E-state index contributed by atoms with van der Waals surface area (Å²) in [5.74, 6) is 1.12. The first kappa shape index (κ1) is 10.4.